The fourth-order valence-electron chi connectivity index (χ4n) is 2.48. The highest BCUT2D eigenvalue weighted by atomic mass is 35.5. The summed E-state index contributed by atoms with van der Waals surface area (Å²) in [6, 6.07) is 3.19. The second-order valence-corrected chi connectivity index (χ2v) is 5.74. The van der Waals surface area contributed by atoms with Crippen LogP contribution >= 0.6 is 11.6 Å². The summed E-state index contributed by atoms with van der Waals surface area (Å²) >= 11 is 5.85. The van der Waals surface area contributed by atoms with Crippen LogP contribution in [0.5, 0.6) is 0 Å². The van der Waals surface area contributed by atoms with Gasteiger partial charge in [0.25, 0.3) is 0 Å². The molecule has 0 aliphatic heterocycles. The Bertz CT molecular complexity index is 470. The Labute approximate surface area is 120 Å². The van der Waals surface area contributed by atoms with Gasteiger partial charge >= 0.3 is 6.18 Å². The number of aliphatic hydroxyl groups is 1. The van der Waals surface area contributed by atoms with Crippen molar-refractivity contribution in [3.05, 3.63) is 28.8 Å². The van der Waals surface area contributed by atoms with Crippen molar-refractivity contribution >= 4 is 17.3 Å². The Morgan fingerprint density at radius 1 is 1.20 bits per heavy atom. The van der Waals surface area contributed by atoms with Crippen LogP contribution in [0.15, 0.2) is 18.2 Å². The summed E-state index contributed by atoms with van der Waals surface area (Å²) in [5, 5.41) is 13.3. The first-order valence-corrected chi connectivity index (χ1v) is 7.01. The maximum absolute atomic E-state index is 12.5. The number of hydrogen-bond donors (Lipinski definition) is 2. The second-order valence-electron chi connectivity index (χ2n) is 5.33. The molecule has 0 saturated heterocycles. The lowest BCUT2D eigenvalue weighted by Crippen LogP contribution is -2.38. The zero-order valence-electron chi connectivity index (χ0n) is 10.9. The first kappa shape index (κ1) is 15.4. The molecular weight excluding hydrogens is 291 g/mol. The molecule has 1 saturated carbocycles. The molecule has 1 aromatic rings. The van der Waals surface area contributed by atoms with E-state index in [0.717, 1.165) is 31.4 Å². The van der Waals surface area contributed by atoms with Gasteiger partial charge in [-0.15, -0.1) is 0 Å². The van der Waals surface area contributed by atoms with Crippen LogP contribution in [0.1, 0.15) is 37.7 Å². The van der Waals surface area contributed by atoms with Crippen LogP contribution in [-0.4, -0.2) is 17.3 Å². The van der Waals surface area contributed by atoms with E-state index in [9.17, 15) is 18.3 Å². The smallest absolute Gasteiger partial charge is 0.388 e. The molecule has 1 aliphatic rings. The predicted octanol–water partition coefficient (Wildman–Crippen LogP) is 4.47. The lowest BCUT2D eigenvalue weighted by Gasteiger charge is -2.32. The number of nitrogens with one attached hydrogen (secondary N) is 1. The van der Waals surface area contributed by atoms with E-state index in [2.05, 4.69) is 5.32 Å². The van der Waals surface area contributed by atoms with E-state index >= 15 is 0 Å². The molecule has 6 heteroatoms. The van der Waals surface area contributed by atoms with Crippen LogP contribution in [-0.2, 0) is 6.18 Å². The summed E-state index contributed by atoms with van der Waals surface area (Å²) in [4.78, 5) is 0. The molecule has 0 aromatic heterocycles. The molecule has 1 fully saturated rings. The second kappa shape index (κ2) is 5.82. The Morgan fingerprint density at radius 2 is 1.85 bits per heavy atom. The average molecular weight is 308 g/mol. The number of hydrogen-bond acceptors (Lipinski definition) is 2. The number of anilines is 1. The van der Waals surface area contributed by atoms with E-state index in [-0.39, 0.29) is 5.02 Å². The topological polar surface area (TPSA) is 32.3 Å². The predicted molar refractivity (Wildman–Crippen MR) is 73.0 cm³/mol. The largest absolute Gasteiger partial charge is 0.416 e. The lowest BCUT2D eigenvalue weighted by atomic mass is 9.85. The number of benzene rings is 1. The van der Waals surface area contributed by atoms with Crippen molar-refractivity contribution < 1.29 is 18.3 Å². The molecule has 0 unspecified atom stereocenters. The van der Waals surface area contributed by atoms with Gasteiger partial charge in [0.2, 0.25) is 0 Å². The van der Waals surface area contributed by atoms with Crippen LogP contribution in [0.25, 0.3) is 0 Å². The summed E-state index contributed by atoms with van der Waals surface area (Å²) < 4.78 is 37.6. The summed E-state index contributed by atoms with van der Waals surface area (Å²) in [5.74, 6) is 0. The minimum absolute atomic E-state index is 0.0132. The molecule has 1 aromatic carbocycles. The number of alkyl halides is 3. The quantitative estimate of drug-likeness (QED) is 0.863. The van der Waals surface area contributed by atoms with Crippen LogP contribution < -0.4 is 5.32 Å². The first-order valence-electron chi connectivity index (χ1n) is 6.63. The third kappa shape index (κ3) is 3.79. The highest BCUT2D eigenvalue weighted by Gasteiger charge is 2.32. The lowest BCUT2D eigenvalue weighted by molar-refractivity contribution is -0.137. The third-order valence-corrected chi connectivity index (χ3v) is 4.00. The molecule has 20 heavy (non-hydrogen) atoms. The normalized spacial score (nSPS) is 18.9. The van der Waals surface area contributed by atoms with Gasteiger partial charge in [0.15, 0.2) is 0 Å². The van der Waals surface area contributed by atoms with Gasteiger partial charge in [-0.1, -0.05) is 30.9 Å². The van der Waals surface area contributed by atoms with Crippen molar-refractivity contribution in [1.82, 2.24) is 0 Å². The average Bonchev–Trinajstić information content (AvgIpc) is 2.37. The van der Waals surface area contributed by atoms with Crippen LogP contribution in [0.4, 0.5) is 18.9 Å². The van der Waals surface area contributed by atoms with Crippen molar-refractivity contribution in [2.45, 2.75) is 43.9 Å². The van der Waals surface area contributed by atoms with E-state index in [0.29, 0.717) is 25.1 Å². The van der Waals surface area contributed by atoms with Gasteiger partial charge in [0.05, 0.1) is 21.9 Å². The molecule has 2 nitrogen and oxygen atoms in total. The van der Waals surface area contributed by atoms with E-state index in [1.807, 2.05) is 0 Å². The fourth-order valence-corrected chi connectivity index (χ4v) is 2.73. The van der Waals surface area contributed by atoms with E-state index in [4.69, 9.17) is 11.6 Å². The van der Waals surface area contributed by atoms with Gasteiger partial charge in [0, 0.05) is 6.54 Å². The maximum Gasteiger partial charge on any atom is 0.416 e. The number of rotatable bonds is 3. The Kier molecular flexibility index (Phi) is 4.49. The monoisotopic (exact) mass is 307 g/mol. The Morgan fingerprint density at radius 3 is 2.40 bits per heavy atom. The van der Waals surface area contributed by atoms with Crippen LogP contribution in [0, 0.1) is 0 Å². The fraction of sp³-hybridized carbons (Fsp3) is 0.571. The van der Waals surface area contributed by atoms with Crippen molar-refractivity contribution in [2.75, 3.05) is 11.9 Å². The highest BCUT2D eigenvalue weighted by molar-refractivity contribution is 6.33. The molecule has 0 bridgehead atoms. The Balaban J connectivity index is 2.03. The molecule has 0 amide bonds. The molecular formula is C14H17ClF3NO. The molecule has 0 spiro atoms. The van der Waals surface area contributed by atoms with Crippen LogP contribution in [0.2, 0.25) is 5.02 Å². The van der Waals surface area contributed by atoms with Gasteiger partial charge in [-0.05, 0) is 31.0 Å². The van der Waals surface area contributed by atoms with E-state index in [1.54, 1.807) is 0 Å². The minimum atomic E-state index is -4.40. The van der Waals surface area contributed by atoms with Gasteiger partial charge in [-0.2, -0.15) is 13.2 Å². The molecule has 0 atom stereocenters. The molecule has 2 N–H and O–H groups in total. The molecule has 0 heterocycles. The van der Waals surface area contributed by atoms with E-state index < -0.39 is 17.3 Å². The summed E-state index contributed by atoms with van der Waals surface area (Å²) in [5.41, 5.74) is -1.15. The summed E-state index contributed by atoms with van der Waals surface area (Å²) in [6.45, 7) is 0.304. The van der Waals surface area contributed by atoms with Crippen molar-refractivity contribution in [1.29, 1.82) is 0 Å². The Hall–Kier alpha value is -0.940. The van der Waals surface area contributed by atoms with Gasteiger partial charge in [-0.3, -0.25) is 0 Å². The SMILES string of the molecule is OC1(CNc2ccc(C(F)(F)F)cc2Cl)CCCCC1. The zero-order valence-corrected chi connectivity index (χ0v) is 11.7. The maximum atomic E-state index is 12.5. The molecule has 1 aliphatic carbocycles. The van der Waals surface area contributed by atoms with Gasteiger partial charge in [-0.25, -0.2) is 0 Å². The summed E-state index contributed by atoms with van der Waals surface area (Å²) in [6.07, 6.45) is 0.0709. The van der Waals surface area contributed by atoms with Crippen molar-refractivity contribution in [3.8, 4) is 0 Å². The number of halogens is 4. The third-order valence-electron chi connectivity index (χ3n) is 3.69. The van der Waals surface area contributed by atoms with Crippen molar-refractivity contribution in [3.63, 3.8) is 0 Å². The molecule has 2 rings (SSSR count). The van der Waals surface area contributed by atoms with E-state index in [1.165, 1.54) is 6.07 Å². The first-order chi connectivity index (χ1) is 9.30. The van der Waals surface area contributed by atoms with Crippen molar-refractivity contribution in [2.24, 2.45) is 0 Å². The zero-order chi connectivity index (χ0) is 14.8. The summed E-state index contributed by atoms with van der Waals surface area (Å²) in [7, 11) is 0. The van der Waals surface area contributed by atoms with Gasteiger partial charge in [0.1, 0.15) is 0 Å². The highest BCUT2D eigenvalue weighted by Crippen LogP contribution is 2.34. The van der Waals surface area contributed by atoms with Crippen LogP contribution in [0.3, 0.4) is 0 Å². The molecule has 0 radical (unpaired) electrons. The minimum Gasteiger partial charge on any atom is -0.388 e. The molecule has 112 valence electrons. The van der Waals surface area contributed by atoms with Gasteiger partial charge < -0.3 is 10.4 Å². The standard InChI is InChI=1S/C14H17ClF3NO/c15-11-8-10(14(16,17)18)4-5-12(11)19-9-13(20)6-2-1-3-7-13/h4-5,8,19-20H,1-3,6-7,9H2.